The first-order chi connectivity index (χ1) is 17.1. The highest BCUT2D eigenvalue weighted by molar-refractivity contribution is 7.22. The number of rotatable bonds is 4. The molecular weight excluding hydrogens is 378 g/mol. The van der Waals surface area contributed by atoms with Crippen molar-refractivity contribution in [3.05, 3.63) is 51.5 Å². The standard InChI is InChI=1S/C20H20ClN5S/c1-13-2-3-14(8-15(13)10-22)11-26-6-4-16(5-7-26)25-19-17-9-18(21)27-20(17)24-12-23-19/h2-3,8-9,12,16H,4-7,11H2,1H3,(H,23,24,25)/i2D,4D2,5D2,9D,11D,12D,16D/hD. The number of nitrogens with zero attached hydrogens (tertiary/aromatic N) is 4. The molecule has 0 spiro atoms. The van der Waals surface area contributed by atoms with E-state index in [9.17, 15) is 5.26 Å². The van der Waals surface area contributed by atoms with Gasteiger partial charge in [0.25, 0.3) is 0 Å². The molecule has 1 aliphatic heterocycles. The van der Waals surface area contributed by atoms with E-state index in [1.54, 1.807) is 6.92 Å². The summed E-state index contributed by atoms with van der Waals surface area (Å²) >= 11 is 6.89. The van der Waals surface area contributed by atoms with Crippen molar-refractivity contribution in [3.8, 4) is 6.07 Å². The highest BCUT2D eigenvalue weighted by atomic mass is 35.5. The Morgan fingerprint density at radius 3 is 3.19 bits per heavy atom. The molecule has 1 N–H and O–H groups in total. The molecule has 1 fully saturated rings. The molecule has 0 bridgehead atoms. The second-order valence-electron chi connectivity index (χ2n) is 5.76. The molecule has 3 heterocycles. The van der Waals surface area contributed by atoms with Crippen molar-refractivity contribution < 1.29 is 13.7 Å². The number of likely N-dealkylation sites (tertiary alicyclic amines) is 1. The lowest BCUT2D eigenvalue weighted by Crippen LogP contribution is -2.38. The Balaban J connectivity index is 1.77. The molecule has 1 saturated heterocycles. The van der Waals surface area contributed by atoms with Crippen LogP contribution in [0.3, 0.4) is 0 Å². The third-order valence-corrected chi connectivity index (χ3v) is 4.99. The molecule has 1 aliphatic rings. The first kappa shape index (κ1) is 9.83. The van der Waals surface area contributed by atoms with Gasteiger partial charge in [0.15, 0.2) is 1.41 Å². The van der Waals surface area contributed by atoms with Crippen molar-refractivity contribution in [1.29, 1.82) is 5.26 Å². The topological polar surface area (TPSA) is 64.8 Å². The van der Waals surface area contributed by atoms with Crippen molar-refractivity contribution in [1.82, 2.24) is 14.9 Å². The van der Waals surface area contributed by atoms with Gasteiger partial charge in [0, 0.05) is 32.5 Å². The van der Waals surface area contributed by atoms with Gasteiger partial charge in [-0.2, -0.15) is 5.26 Å². The molecule has 0 amide bonds. The minimum atomic E-state index is -2.92. The van der Waals surface area contributed by atoms with Crippen LogP contribution in [0.4, 0.5) is 5.82 Å². The Hall–Kier alpha value is -2.20. The predicted octanol–water partition coefficient (Wildman–Crippen LogP) is 4.60. The third kappa shape index (κ3) is 4.06. The summed E-state index contributed by atoms with van der Waals surface area (Å²) in [5.74, 6) is -0.488. The lowest BCUT2D eigenvalue weighted by Gasteiger charge is -2.32. The fourth-order valence-electron chi connectivity index (χ4n) is 2.53. The largest absolute Gasteiger partial charge is 0.367 e. The Morgan fingerprint density at radius 2 is 2.41 bits per heavy atom. The molecule has 27 heavy (non-hydrogen) atoms. The number of nitriles is 1. The van der Waals surface area contributed by atoms with Crippen molar-refractivity contribution >= 4 is 39.0 Å². The molecule has 1 atom stereocenters. The summed E-state index contributed by atoms with van der Waals surface area (Å²) in [6, 6.07) is 1.54. The highest BCUT2D eigenvalue weighted by Gasteiger charge is 2.20. The molecule has 7 heteroatoms. The van der Waals surface area contributed by atoms with Crippen LogP contribution >= 0.6 is 22.9 Å². The second-order valence-corrected chi connectivity index (χ2v) is 7.36. The molecule has 0 aliphatic carbocycles. The van der Waals surface area contributed by atoms with E-state index in [2.05, 4.69) is 9.97 Å². The molecule has 4 rings (SSSR count). The van der Waals surface area contributed by atoms with E-state index in [0.29, 0.717) is 5.56 Å². The van der Waals surface area contributed by atoms with Gasteiger partial charge < -0.3 is 5.31 Å². The van der Waals surface area contributed by atoms with Gasteiger partial charge in [-0.15, -0.1) is 11.3 Å². The number of fused-ring (bicyclic) bond motifs is 1. The van der Waals surface area contributed by atoms with Crippen molar-refractivity contribution in [2.24, 2.45) is 0 Å². The summed E-state index contributed by atoms with van der Waals surface area (Å²) < 4.78 is 85.2. The Bertz CT molecular complexity index is 1420. The van der Waals surface area contributed by atoms with Gasteiger partial charge in [0.05, 0.1) is 25.5 Å². The lowest BCUT2D eigenvalue weighted by molar-refractivity contribution is 0.211. The lowest BCUT2D eigenvalue weighted by atomic mass is 10.0. The molecule has 1 unspecified atom stereocenters. The summed E-state index contributed by atoms with van der Waals surface area (Å²) in [4.78, 5) is 8.93. The zero-order valence-corrected chi connectivity index (χ0v) is 15.7. The van der Waals surface area contributed by atoms with Gasteiger partial charge in [-0.3, -0.25) is 4.90 Å². The van der Waals surface area contributed by atoms with E-state index < -0.39 is 50.5 Å². The van der Waals surface area contributed by atoms with Gasteiger partial charge >= 0.3 is 0 Å². The van der Waals surface area contributed by atoms with Crippen LogP contribution in [0.15, 0.2) is 30.5 Å². The molecule has 2 aromatic heterocycles. The normalized spacial score (nSPS) is 27.1. The average Bonchev–Trinajstić information content (AvgIpc) is 3.09. The number of halogens is 1. The maximum absolute atomic E-state index is 9.36. The molecule has 1 aromatic carbocycles. The first-order valence-electron chi connectivity index (χ1n) is 13.0. The maximum atomic E-state index is 9.36. The van der Waals surface area contributed by atoms with Gasteiger partial charge in [0.2, 0.25) is 0 Å². The van der Waals surface area contributed by atoms with E-state index in [1.165, 1.54) is 12.1 Å². The van der Waals surface area contributed by atoms with Crippen LogP contribution in [0, 0.1) is 18.3 Å². The Kier molecular flexibility index (Phi) is 2.84. The van der Waals surface area contributed by atoms with E-state index in [-0.39, 0.29) is 43.1 Å². The SMILES string of the molecule is [2H]c1nc(N([2H])C2([2H])C([2H])([2H])CN(C([2H])c3cc([2H])c(C)c(C#N)c3)CC2([2H])[2H])c2c([2H])c(Cl)sc2n1. The van der Waals surface area contributed by atoms with Gasteiger partial charge in [0.1, 0.15) is 18.3 Å². The van der Waals surface area contributed by atoms with Gasteiger partial charge in [-0.1, -0.05) is 23.7 Å². The molecular formula is C20H20ClN5S. The van der Waals surface area contributed by atoms with Crippen LogP contribution in [0.25, 0.3) is 10.2 Å². The minimum Gasteiger partial charge on any atom is -0.367 e. The molecule has 5 nitrogen and oxygen atoms in total. The number of piperidine rings is 1. The number of benzene rings is 1. The van der Waals surface area contributed by atoms with E-state index >= 15 is 0 Å². The molecule has 0 saturated carbocycles. The fraction of sp³-hybridized carbons (Fsp3) is 0.350. The Morgan fingerprint density at radius 1 is 1.59 bits per heavy atom. The van der Waals surface area contributed by atoms with Crippen LogP contribution in [-0.4, -0.2) is 34.0 Å². The quantitative estimate of drug-likeness (QED) is 0.684. The van der Waals surface area contributed by atoms with Crippen molar-refractivity contribution in [2.75, 3.05) is 18.4 Å². The van der Waals surface area contributed by atoms with E-state index in [4.69, 9.17) is 25.3 Å². The van der Waals surface area contributed by atoms with Crippen molar-refractivity contribution in [2.45, 2.75) is 32.2 Å². The molecule has 3 aromatic rings. The zero-order valence-electron chi connectivity index (χ0n) is 24.2. The number of hydrogen-bond acceptors (Lipinski definition) is 6. The summed E-state index contributed by atoms with van der Waals surface area (Å²) in [6.45, 7) is -1.04. The minimum absolute atomic E-state index is 0.00920. The summed E-state index contributed by atoms with van der Waals surface area (Å²) in [7, 11) is 0. The molecule has 0 radical (unpaired) electrons. The number of nitrogens with one attached hydrogen (secondary N) is 1. The van der Waals surface area contributed by atoms with Crippen LogP contribution < -0.4 is 5.31 Å². The number of thiophene rings is 1. The second kappa shape index (κ2) is 7.81. The fourth-order valence-corrected chi connectivity index (χ4v) is 3.50. The zero-order chi connectivity index (χ0) is 27.7. The van der Waals surface area contributed by atoms with E-state index in [0.717, 1.165) is 16.2 Å². The Labute approximate surface area is 181 Å². The van der Waals surface area contributed by atoms with Crippen LogP contribution in [0.2, 0.25) is 5.75 Å². The molecule has 138 valence electrons. The highest BCUT2D eigenvalue weighted by Crippen LogP contribution is 2.32. The van der Waals surface area contributed by atoms with Crippen LogP contribution in [0.5, 0.6) is 0 Å². The van der Waals surface area contributed by atoms with Crippen LogP contribution in [0.1, 0.15) is 41.8 Å². The summed E-state index contributed by atoms with van der Waals surface area (Å²) in [5, 5.41) is 9.51. The van der Waals surface area contributed by atoms with Gasteiger partial charge in [-0.25, -0.2) is 9.97 Å². The number of hydrogen-bond donors (Lipinski definition) is 1. The smallest absolute Gasteiger partial charge is 0.162 e. The van der Waals surface area contributed by atoms with Gasteiger partial charge in [-0.05, 0) is 42.9 Å². The number of anilines is 1. The maximum Gasteiger partial charge on any atom is 0.162 e. The summed E-state index contributed by atoms with van der Waals surface area (Å²) in [5.41, 5.74) is 0.793. The van der Waals surface area contributed by atoms with Crippen molar-refractivity contribution in [3.63, 3.8) is 0 Å². The first-order valence-corrected chi connectivity index (χ1v) is 9.15. The monoisotopic (exact) mass is 407 g/mol. The predicted molar refractivity (Wildman–Crippen MR) is 110 cm³/mol. The average molecular weight is 408 g/mol. The van der Waals surface area contributed by atoms with E-state index in [1.807, 2.05) is 6.07 Å². The number of aromatic nitrogens is 2. The third-order valence-electron chi connectivity index (χ3n) is 3.89. The summed E-state index contributed by atoms with van der Waals surface area (Å²) in [6.07, 6.45) is -6.11. The van der Waals surface area contributed by atoms with Crippen LogP contribution in [-0.2, 0) is 6.52 Å².